The van der Waals surface area contributed by atoms with Crippen LogP contribution in [0.3, 0.4) is 0 Å². The number of imidazole rings is 1. The number of benzene rings is 1. The monoisotopic (exact) mass is 230 g/mol. The Morgan fingerprint density at radius 2 is 1.65 bits per heavy atom. The highest BCUT2D eigenvalue weighted by atomic mass is 16.3. The van der Waals surface area contributed by atoms with Crippen molar-refractivity contribution in [2.24, 2.45) is 0 Å². The zero-order valence-electron chi connectivity index (χ0n) is 8.79. The number of nitrogens with zero attached hydrogens (tertiary/aromatic N) is 2. The van der Waals surface area contributed by atoms with Crippen molar-refractivity contribution in [2.45, 2.75) is 0 Å². The van der Waals surface area contributed by atoms with Crippen molar-refractivity contribution in [3.63, 3.8) is 0 Å². The van der Waals surface area contributed by atoms with Crippen molar-refractivity contribution in [2.75, 3.05) is 0 Å². The van der Waals surface area contributed by atoms with Crippen molar-refractivity contribution in [1.82, 2.24) is 19.9 Å². The number of aromatic hydroxyl groups is 1. The lowest BCUT2D eigenvalue weighted by Gasteiger charge is -1.82. The third kappa shape index (κ3) is 2.69. The number of hydrogen-bond donors (Lipinski definition) is 3. The molecule has 0 aliphatic carbocycles. The van der Waals surface area contributed by atoms with E-state index in [1.807, 2.05) is 6.07 Å². The van der Waals surface area contributed by atoms with E-state index in [0.717, 1.165) is 0 Å². The quantitative estimate of drug-likeness (QED) is 0.537. The molecule has 86 valence electrons. The van der Waals surface area contributed by atoms with E-state index in [0.29, 0.717) is 16.9 Å². The molecule has 17 heavy (non-hydrogen) atoms. The number of fused-ring (bicyclic) bond motifs is 1. The third-order valence-electron chi connectivity index (χ3n) is 1.99. The highest BCUT2D eigenvalue weighted by Gasteiger charge is 1.97. The maximum Gasteiger partial charge on any atom is 0.276 e. The van der Waals surface area contributed by atoms with Crippen molar-refractivity contribution in [3.8, 4) is 5.75 Å². The Kier molecular flexibility index (Phi) is 3.15. The standard InChI is InChI=1S/C6H6O.C5H4N4O/c7-6-4-2-1-3-5-6;10-5-3-4(7-1-6-3)8-2-9-5/h1-5,7H;1-2H,(H2,6,7,8,9,10). The summed E-state index contributed by atoms with van der Waals surface area (Å²) in [6.07, 6.45) is 2.76. The molecule has 3 rings (SSSR count). The van der Waals surface area contributed by atoms with Crippen LogP contribution in [0.15, 0.2) is 47.8 Å². The summed E-state index contributed by atoms with van der Waals surface area (Å²) in [4.78, 5) is 23.6. The molecule has 0 radical (unpaired) electrons. The SMILES string of the molecule is O=c1[nH]cnc2nc[nH]c12.Oc1ccccc1. The van der Waals surface area contributed by atoms with Crippen molar-refractivity contribution in [1.29, 1.82) is 0 Å². The van der Waals surface area contributed by atoms with Crippen molar-refractivity contribution >= 4 is 11.2 Å². The molecule has 3 N–H and O–H groups in total. The Hall–Kier alpha value is -2.63. The average Bonchev–Trinajstić information content (AvgIpc) is 2.80. The molecule has 0 saturated heterocycles. The summed E-state index contributed by atoms with van der Waals surface area (Å²) >= 11 is 0. The molecule has 0 saturated carbocycles. The third-order valence-corrected chi connectivity index (χ3v) is 1.99. The smallest absolute Gasteiger partial charge is 0.276 e. The normalized spacial score (nSPS) is 9.65. The van der Waals surface area contributed by atoms with Gasteiger partial charge in [0.15, 0.2) is 11.2 Å². The first-order valence-electron chi connectivity index (χ1n) is 4.88. The number of nitrogens with one attached hydrogen (secondary N) is 2. The molecule has 0 atom stereocenters. The van der Waals surface area contributed by atoms with Gasteiger partial charge in [0.25, 0.3) is 5.56 Å². The fraction of sp³-hybridized carbons (Fsp3) is 0. The summed E-state index contributed by atoms with van der Waals surface area (Å²) in [7, 11) is 0. The predicted molar refractivity (Wildman–Crippen MR) is 62.6 cm³/mol. The summed E-state index contributed by atoms with van der Waals surface area (Å²) in [6.45, 7) is 0. The van der Waals surface area contributed by atoms with E-state index in [9.17, 15) is 4.79 Å². The second-order valence-corrected chi connectivity index (χ2v) is 3.17. The molecule has 0 spiro atoms. The molecule has 0 aliphatic rings. The van der Waals surface area contributed by atoms with Crippen LogP contribution in [0.2, 0.25) is 0 Å². The molecule has 6 heteroatoms. The minimum Gasteiger partial charge on any atom is -0.508 e. The molecule has 0 unspecified atom stereocenters. The molecular formula is C11H10N4O2. The van der Waals surface area contributed by atoms with Gasteiger partial charge in [0.1, 0.15) is 5.75 Å². The lowest BCUT2D eigenvalue weighted by Crippen LogP contribution is -2.05. The minimum atomic E-state index is -0.192. The van der Waals surface area contributed by atoms with E-state index >= 15 is 0 Å². The first kappa shape index (κ1) is 10.9. The van der Waals surface area contributed by atoms with Gasteiger partial charge >= 0.3 is 0 Å². The molecular weight excluding hydrogens is 220 g/mol. The van der Waals surface area contributed by atoms with Gasteiger partial charge in [0.2, 0.25) is 0 Å². The van der Waals surface area contributed by atoms with Crippen LogP contribution in [0.25, 0.3) is 11.2 Å². The lowest BCUT2D eigenvalue weighted by atomic mass is 10.3. The molecule has 2 aromatic heterocycles. The molecule has 3 aromatic rings. The van der Waals surface area contributed by atoms with Crippen LogP contribution < -0.4 is 5.56 Å². The predicted octanol–water partition coefficient (Wildman–Crippen LogP) is 1.04. The number of phenolic OH excluding ortho intramolecular Hbond substituents is 1. The first-order valence-corrected chi connectivity index (χ1v) is 4.88. The Morgan fingerprint density at radius 1 is 1.00 bits per heavy atom. The number of hydrogen-bond acceptors (Lipinski definition) is 4. The van der Waals surface area contributed by atoms with E-state index in [4.69, 9.17) is 5.11 Å². The number of para-hydroxylation sites is 1. The van der Waals surface area contributed by atoms with E-state index in [-0.39, 0.29) is 5.56 Å². The summed E-state index contributed by atoms with van der Waals surface area (Å²) in [6, 6.07) is 8.71. The summed E-state index contributed by atoms with van der Waals surface area (Å²) < 4.78 is 0. The number of phenols is 1. The van der Waals surface area contributed by atoms with E-state index in [1.54, 1.807) is 24.3 Å². The zero-order chi connectivity index (χ0) is 12.1. The van der Waals surface area contributed by atoms with Crippen molar-refractivity contribution in [3.05, 3.63) is 53.3 Å². The number of rotatable bonds is 0. The minimum absolute atomic E-state index is 0.192. The molecule has 6 nitrogen and oxygen atoms in total. The summed E-state index contributed by atoms with van der Waals surface area (Å²) in [5.74, 6) is 0.322. The summed E-state index contributed by atoms with van der Waals surface area (Å²) in [5.41, 5.74) is 0.675. The maximum atomic E-state index is 10.9. The van der Waals surface area contributed by atoms with Crippen LogP contribution in [0, 0.1) is 0 Å². The average molecular weight is 230 g/mol. The first-order chi connectivity index (χ1) is 8.27. The highest BCUT2D eigenvalue weighted by molar-refractivity contribution is 5.67. The van der Waals surface area contributed by atoms with Crippen LogP contribution in [-0.2, 0) is 0 Å². The largest absolute Gasteiger partial charge is 0.508 e. The van der Waals surface area contributed by atoms with Crippen LogP contribution in [-0.4, -0.2) is 25.0 Å². The van der Waals surface area contributed by atoms with Gasteiger partial charge in [-0.25, -0.2) is 9.97 Å². The van der Waals surface area contributed by atoms with Gasteiger partial charge in [-0.2, -0.15) is 0 Å². The van der Waals surface area contributed by atoms with Gasteiger partial charge in [-0.15, -0.1) is 0 Å². The van der Waals surface area contributed by atoms with Crippen LogP contribution >= 0.6 is 0 Å². The molecule has 0 aliphatic heterocycles. The fourth-order valence-electron chi connectivity index (χ4n) is 1.20. The molecule has 0 amide bonds. The van der Waals surface area contributed by atoms with E-state index in [2.05, 4.69) is 19.9 Å². The highest BCUT2D eigenvalue weighted by Crippen LogP contribution is 2.02. The lowest BCUT2D eigenvalue weighted by molar-refractivity contribution is 0.475. The Bertz CT molecular complexity index is 645. The zero-order valence-corrected chi connectivity index (χ0v) is 8.79. The van der Waals surface area contributed by atoms with E-state index in [1.165, 1.54) is 12.7 Å². The Morgan fingerprint density at radius 3 is 2.18 bits per heavy atom. The van der Waals surface area contributed by atoms with Crippen LogP contribution in [0.1, 0.15) is 0 Å². The number of H-pyrrole nitrogens is 2. The van der Waals surface area contributed by atoms with Crippen molar-refractivity contribution < 1.29 is 5.11 Å². The second-order valence-electron chi connectivity index (χ2n) is 3.17. The van der Waals surface area contributed by atoms with Gasteiger partial charge < -0.3 is 15.1 Å². The Labute approximate surface area is 96.0 Å². The van der Waals surface area contributed by atoms with Gasteiger partial charge in [0, 0.05) is 0 Å². The van der Waals surface area contributed by atoms with Crippen LogP contribution in [0.5, 0.6) is 5.75 Å². The molecule has 0 fully saturated rings. The maximum absolute atomic E-state index is 10.9. The summed E-state index contributed by atoms with van der Waals surface area (Å²) in [5, 5.41) is 8.63. The molecule has 0 bridgehead atoms. The number of aromatic amines is 2. The Balaban J connectivity index is 0.000000136. The van der Waals surface area contributed by atoms with E-state index < -0.39 is 0 Å². The van der Waals surface area contributed by atoms with Gasteiger partial charge in [0.05, 0.1) is 12.7 Å². The molecule has 1 aromatic carbocycles. The molecule has 2 heterocycles. The van der Waals surface area contributed by atoms with Gasteiger partial charge in [-0.1, -0.05) is 18.2 Å². The van der Waals surface area contributed by atoms with Crippen LogP contribution in [0.4, 0.5) is 0 Å². The second kappa shape index (κ2) is 4.93. The van der Waals surface area contributed by atoms with Gasteiger partial charge in [-0.05, 0) is 12.1 Å². The topological polar surface area (TPSA) is 94.7 Å². The number of aromatic nitrogens is 4. The fourth-order valence-corrected chi connectivity index (χ4v) is 1.20. The van der Waals surface area contributed by atoms with Gasteiger partial charge in [-0.3, -0.25) is 4.79 Å².